The highest BCUT2D eigenvalue weighted by Gasteiger charge is 2.12. The number of hydrogen-bond donors (Lipinski definition) is 2. The highest BCUT2D eigenvalue weighted by Crippen LogP contribution is 2.21. The van der Waals surface area contributed by atoms with Crippen molar-refractivity contribution in [2.75, 3.05) is 36.8 Å². The predicted molar refractivity (Wildman–Crippen MR) is 97.5 cm³/mol. The van der Waals surface area contributed by atoms with Gasteiger partial charge >= 0.3 is 0 Å². The van der Waals surface area contributed by atoms with E-state index in [0.29, 0.717) is 11.6 Å². The summed E-state index contributed by atoms with van der Waals surface area (Å²) in [7, 11) is 0. The lowest BCUT2D eigenvalue weighted by atomic mass is 10.2. The van der Waals surface area contributed by atoms with Crippen LogP contribution >= 0.6 is 0 Å². The Labute approximate surface area is 143 Å². The molecule has 5 nitrogen and oxygen atoms in total. The molecule has 0 saturated heterocycles. The topological polar surface area (TPSA) is 53.1 Å². The summed E-state index contributed by atoms with van der Waals surface area (Å²) < 4.78 is 14.3. The van der Waals surface area contributed by atoms with Gasteiger partial charge in [-0.2, -0.15) is 4.98 Å². The Bertz CT molecular complexity index is 653. The van der Waals surface area contributed by atoms with Gasteiger partial charge in [0.25, 0.3) is 0 Å². The Balaban J connectivity index is 2.08. The minimum absolute atomic E-state index is 0.191. The number of anilines is 3. The van der Waals surface area contributed by atoms with Crippen molar-refractivity contribution >= 4 is 17.5 Å². The van der Waals surface area contributed by atoms with Gasteiger partial charge in [0.05, 0.1) is 5.69 Å². The molecule has 24 heavy (non-hydrogen) atoms. The van der Waals surface area contributed by atoms with Gasteiger partial charge in [0.1, 0.15) is 0 Å². The summed E-state index contributed by atoms with van der Waals surface area (Å²) in [5.41, 5.74) is 2.27. The van der Waals surface area contributed by atoms with E-state index >= 15 is 0 Å². The van der Waals surface area contributed by atoms with Gasteiger partial charge in [-0.3, -0.25) is 0 Å². The standard InChI is InChI=1S/C18H26FN5/c1-5-24(6-2)12-11-20-18-21-14(4)16(19)17(23-18)22-15-9-7-13(3)8-10-15/h7-10H,5-6,11-12H2,1-4H3,(H2,20,21,22,23). The maximum absolute atomic E-state index is 14.3. The van der Waals surface area contributed by atoms with Crippen molar-refractivity contribution < 1.29 is 4.39 Å². The largest absolute Gasteiger partial charge is 0.353 e. The zero-order valence-electron chi connectivity index (χ0n) is 14.9. The molecule has 0 bridgehead atoms. The first-order valence-corrected chi connectivity index (χ1v) is 8.37. The highest BCUT2D eigenvalue weighted by molar-refractivity contribution is 5.58. The minimum Gasteiger partial charge on any atom is -0.353 e. The molecule has 0 amide bonds. The van der Waals surface area contributed by atoms with Crippen LogP contribution in [-0.2, 0) is 0 Å². The molecule has 6 heteroatoms. The van der Waals surface area contributed by atoms with Crippen LogP contribution in [0.1, 0.15) is 25.1 Å². The van der Waals surface area contributed by atoms with E-state index in [0.717, 1.165) is 37.4 Å². The third kappa shape index (κ3) is 4.89. The molecule has 0 saturated carbocycles. The summed E-state index contributed by atoms with van der Waals surface area (Å²) in [6.07, 6.45) is 0. The molecule has 2 rings (SSSR count). The number of benzene rings is 1. The van der Waals surface area contributed by atoms with Gasteiger partial charge in [0, 0.05) is 18.8 Å². The van der Waals surface area contributed by atoms with Crippen molar-refractivity contribution in [1.29, 1.82) is 0 Å². The average Bonchev–Trinajstić information content (AvgIpc) is 2.58. The smallest absolute Gasteiger partial charge is 0.225 e. The molecule has 0 unspecified atom stereocenters. The molecule has 0 fully saturated rings. The number of aromatic nitrogens is 2. The molecule has 0 spiro atoms. The molecule has 0 aliphatic carbocycles. The van der Waals surface area contributed by atoms with E-state index in [1.54, 1.807) is 6.92 Å². The van der Waals surface area contributed by atoms with Gasteiger partial charge < -0.3 is 15.5 Å². The second-order valence-corrected chi connectivity index (χ2v) is 5.74. The van der Waals surface area contributed by atoms with E-state index < -0.39 is 5.82 Å². The zero-order chi connectivity index (χ0) is 17.5. The third-order valence-corrected chi connectivity index (χ3v) is 3.94. The molecule has 130 valence electrons. The van der Waals surface area contributed by atoms with Crippen molar-refractivity contribution in [1.82, 2.24) is 14.9 Å². The van der Waals surface area contributed by atoms with Crippen LogP contribution in [0.5, 0.6) is 0 Å². The summed E-state index contributed by atoms with van der Waals surface area (Å²) in [5, 5.41) is 6.20. The number of aryl methyl sites for hydroxylation is 2. The number of hydrogen-bond acceptors (Lipinski definition) is 5. The van der Waals surface area contributed by atoms with Crippen LogP contribution in [0.2, 0.25) is 0 Å². The first-order valence-electron chi connectivity index (χ1n) is 8.37. The summed E-state index contributed by atoms with van der Waals surface area (Å²) in [6, 6.07) is 7.74. The Morgan fingerprint density at radius 1 is 1.04 bits per heavy atom. The molecule has 0 atom stereocenters. The quantitative estimate of drug-likeness (QED) is 0.772. The van der Waals surface area contributed by atoms with E-state index in [-0.39, 0.29) is 5.82 Å². The van der Waals surface area contributed by atoms with Gasteiger partial charge in [0.2, 0.25) is 5.95 Å². The van der Waals surface area contributed by atoms with Crippen molar-refractivity contribution in [3.63, 3.8) is 0 Å². The number of nitrogens with zero attached hydrogens (tertiary/aromatic N) is 3. The Morgan fingerprint density at radius 2 is 1.71 bits per heavy atom. The van der Waals surface area contributed by atoms with Crippen LogP contribution in [0.15, 0.2) is 24.3 Å². The van der Waals surface area contributed by atoms with E-state index in [4.69, 9.17) is 0 Å². The average molecular weight is 331 g/mol. The first-order chi connectivity index (χ1) is 11.5. The molecule has 0 aliphatic heterocycles. The molecule has 1 heterocycles. The van der Waals surface area contributed by atoms with Crippen LogP contribution in [0.4, 0.5) is 21.8 Å². The summed E-state index contributed by atoms with van der Waals surface area (Å²) in [6.45, 7) is 11.5. The van der Waals surface area contributed by atoms with E-state index in [2.05, 4.69) is 39.3 Å². The maximum atomic E-state index is 14.3. The molecular formula is C18H26FN5. The number of rotatable bonds is 8. The SMILES string of the molecule is CCN(CC)CCNc1nc(C)c(F)c(Nc2ccc(C)cc2)n1. The van der Waals surface area contributed by atoms with Gasteiger partial charge in [-0.25, -0.2) is 9.37 Å². The third-order valence-electron chi connectivity index (χ3n) is 3.94. The predicted octanol–water partition coefficient (Wildman–Crippen LogP) is 3.73. The normalized spacial score (nSPS) is 10.9. The molecule has 0 aliphatic rings. The van der Waals surface area contributed by atoms with E-state index in [1.807, 2.05) is 31.2 Å². The fraction of sp³-hybridized carbons (Fsp3) is 0.444. The number of halogens is 1. The van der Waals surface area contributed by atoms with Gasteiger partial charge in [-0.15, -0.1) is 0 Å². The van der Waals surface area contributed by atoms with Gasteiger partial charge in [-0.1, -0.05) is 31.5 Å². The number of nitrogens with one attached hydrogen (secondary N) is 2. The Hall–Kier alpha value is -2.21. The molecule has 2 N–H and O–H groups in total. The van der Waals surface area contributed by atoms with E-state index in [9.17, 15) is 4.39 Å². The second-order valence-electron chi connectivity index (χ2n) is 5.74. The van der Waals surface area contributed by atoms with Crippen LogP contribution in [0.25, 0.3) is 0 Å². The minimum atomic E-state index is -0.426. The lowest BCUT2D eigenvalue weighted by Crippen LogP contribution is -2.29. The van der Waals surface area contributed by atoms with Crippen LogP contribution in [-0.4, -0.2) is 41.0 Å². The molecule has 2 aromatic rings. The summed E-state index contributed by atoms with van der Waals surface area (Å²) in [4.78, 5) is 10.8. The maximum Gasteiger partial charge on any atom is 0.225 e. The van der Waals surface area contributed by atoms with Gasteiger partial charge in [-0.05, 0) is 39.1 Å². The van der Waals surface area contributed by atoms with E-state index in [1.165, 1.54) is 0 Å². The summed E-state index contributed by atoms with van der Waals surface area (Å²) >= 11 is 0. The first kappa shape index (κ1) is 18.1. The Morgan fingerprint density at radius 3 is 2.33 bits per heavy atom. The lowest BCUT2D eigenvalue weighted by molar-refractivity contribution is 0.316. The van der Waals surface area contributed by atoms with Crippen molar-refractivity contribution in [2.45, 2.75) is 27.7 Å². The highest BCUT2D eigenvalue weighted by atomic mass is 19.1. The summed E-state index contributed by atoms with van der Waals surface area (Å²) in [5.74, 6) is 0.206. The lowest BCUT2D eigenvalue weighted by Gasteiger charge is -2.18. The monoisotopic (exact) mass is 331 g/mol. The molecule has 1 aromatic carbocycles. The van der Waals surface area contributed by atoms with Crippen LogP contribution in [0.3, 0.4) is 0 Å². The fourth-order valence-electron chi connectivity index (χ4n) is 2.36. The van der Waals surface area contributed by atoms with Crippen LogP contribution < -0.4 is 10.6 Å². The van der Waals surface area contributed by atoms with Crippen molar-refractivity contribution in [3.8, 4) is 0 Å². The Kier molecular flexibility index (Phi) is 6.49. The molecule has 1 aromatic heterocycles. The zero-order valence-corrected chi connectivity index (χ0v) is 14.9. The molecule has 0 radical (unpaired) electrons. The fourth-order valence-corrected chi connectivity index (χ4v) is 2.36. The number of likely N-dealkylation sites (N-methyl/N-ethyl adjacent to an activating group) is 1. The molecular weight excluding hydrogens is 305 g/mol. The van der Waals surface area contributed by atoms with Crippen molar-refractivity contribution in [2.24, 2.45) is 0 Å². The second kappa shape index (κ2) is 8.59. The van der Waals surface area contributed by atoms with Crippen LogP contribution in [0, 0.1) is 19.7 Å². The van der Waals surface area contributed by atoms with Crippen molar-refractivity contribution in [3.05, 3.63) is 41.3 Å². The van der Waals surface area contributed by atoms with Gasteiger partial charge in [0.15, 0.2) is 11.6 Å².